The van der Waals surface area contributed by atoms with Gasteiger partial charge in [-0.15, -0.1) is 0 Å². The molecule has 0 unspecified atom stereocenters. The average Bonchev–Trinajstić information content (AvgIpc) is 3.80. The number of hydrogen-bond donors (Lipinski definition) is 1. The number of hydrazine groups is 1. The first kappa shape index (κ1) is 25.5. The van der Waals surface area contributed by atoms with Crippen LogP contribution in [0.1, 0.15) is 82.8 Å². The van der Waals surface area contributed by atoms with Crippen molar-refractivity contribution in [3.63, 3.8) is 0 Å². The van der Waals surface area contributed by atoms with Gasteiger partial charge in [0.15, 0.2) is 0 Å². The fraction of sp³-hybridized carbons (Fsp3) is 0.559. The van der Waals surface area contributed by atoms with Crippen molar-refractivity contribution in [3.05, 3.63) is 58.8 Å². The van der Waals surface area contributed by atoms with Crippen LogP contribution in [-0.4, -0.2) is 70.2 Å². The summed E-state index contributed by atoms with van der Waals surface area (Å²) in [4.78, 5) is 35.3. The molecule has 3 saturated carbocycles. The van der Waals surface area contributed by atoms with Crippen LogP contribution in [0.3, 0.4) is 0 Å². The molecule has 8 rings (SSSR count). The van der Waals surface area contributed by atoms with Crippen molar-refractivity contribution in [2.45, 2.75) is 83.2 Å². The number of nitrogens with one attached hydrogen (secondary N) is 1. The normalized spacial score (nSPS) is 26.6. The van der Waals surface area contributed by atoms with E-state index in [9.17, 15) is 9.59 Å². The van der Waals surface area contributed by atoms with E-state index in [2.05, 4.69) is 60.8 Å². The summed E-state index contributed by atoms with van der Waals surface area (Å²) < 4.78 is 0. The molecule has 1 aromatic rings. The van der Waals surface area contributed by atoms with Gasteiger partial charge in [0.25, 0.3) is 5.91 Å². The number of carbonyl (C=O) groups excluding carboxylic acids is 2. The lowest BCUT2D eigenvalue weighted by atomic mass is 9.87. The molecule has 3 aliphatic heterocycles. The molecule has 0 aromatic heterocycles. The largest absolute Gasteiger partial charge is 0.341 e. The Morgan fingerprint density at radius 3 is 2.34 bits per heavy atom. The van der Waals surface area contributed by atoms with Crippen molar-refractivity contribution in [3.8, 4) is 0 Å². The molecule has 7 aliphatic rings. The first-order valence-electron chi connectivity index (χ1n) is 15.8. The standard InChI is InChI=1S/C34H41N5O2/c1-22-16-26(24-6-8-25(9-7-24)27-17-35-39(21-27)28-4-3-5-28)10-11-29(22)30-36-34(14-15-34)32(41)38(30)20-23-18-37(19-23)31(40)33(2)12-13-33/h6-9,16,21,23,28,35H,3-5,10-15,17-20H2,1-2H3. The van der Waals surface area contributed by atoms with Crippen LogP contribution in [0.4, 0.5) is 0 Å². The smallest absolute Gasteiger partial charge is 0.256 e. The number of amidine groups is 1. The summed E-state index contributed by atoms with van der Waals surface area (Å²) in [5, 5.41) is 2.31. The Hall–Kier alpha value is -3.19. The Labute approximate surface area is 243 Å². The lowest BCUT2D eigenvalue weighted by Gasteiger charge is -2.42. The minimum absolute atomic E-state index is 0.116. The van der Waals surface area contributed by atoms with Crippen LogP contribution in [0.25, 0.3) is 11.1 Å². The Morgan fingerprint density at radius 2 is 1.73 bits per heavy atom. The second-order valence-electron chi connectivity index (χ2n) is 13.9. The molecule has 0 bridgehead atoms. The summed E-state index contributed by atoms with van der Waals surface area (Å²) in [7, 11) is 0. The van der Waals surface area contributed by atoms with Crippen molar-refractivity contribution in [2.75, 3.05) is 26.2 Å². The van der Waals surface area contributed by atoms with Gasteiger partial charge in [0.2, 0.25) is 5.91 Å². The van der Waals surface area contributed by atoms with Gasteiger partial charge in [-0.05, 0) is 98.1 Å². The van der Waals surface area contributed by atoms with E-state index < -0.39 is 5.54 Å². The second-order valence-corrected chi connectivity index (χ2v) is 13.9. The summed E-state index contributed by atoms with van der Waals surface area (Å²) in [6, 6.07) is 9.71. The van der Waals surface area contributed by atoms with Crippen molar-refractivity contribution < 1.29 is 9.59 Å². The number of nitrogens with zero attached hydrogens (tertiary/aromatic N) is 4. The average molecular weight is 552 g/mol. The van der Waals surface area contributed by atoms with Crippen LogP contribution in [0.15, 0.2) is 52.7 Å². The molecule has 1 aromatic carbocycles. The van der Waals surface area contributed by atoms with Gasteiger partial charge in [0, 0.05) is 49.8 Å². The Bertz CT molecular complexity index is 1430. The first-order valence-corrected chi connectivity index (χ1v) is 15.8. The van der Waals surface area contributed by atoms with Crippen molar-refractivity contribution in [1.29, 1.82) is 0 Å². The summed E-state index contributed by atoms with van der Waals surface area (Å²) >= 11 is 0. The highest BCUT2D eigenvalue weighted by Gasteiger charge is 2.58. The third kappa shape index (κ3) is 4.30. The zero-order valence-electron chi connectivity index (χ0n) is 24.4. The van der Waals surface area contributed by atoms with Crippen molar-refractivity contribution >= 4 is 28.8 Å². The van der Waals surface area contributed by atoms with Crippen LogP contribution < -0.4 is 5.43 Å². The molecule has 41 heavy (non-hydrogen) atoms. The summed E-state index contributed by atoms with van der Waals surface area (Å²) in [6.45, 7) is 7.37. The van der Waals surface area contributed by atoms with Crippen LogP contribution in [-0.2, 0) is 9.59 Å². The molecule has 3 heterocycles. The molecule has 1 spiro atoms. The number of aliphatic imine (C=N–C) groups is 1. The van der Waals surface area contributed by atoms with E-state index in [0.717, 1.165) is 64.0 Å². The monoisotopic (exact) mass is 551 g/mol. The molecular weight excluding hydrogens is 510 g/mol. The van der Waals surface area contributed by atoms with Crippen LogP contribution in [0.5, 0.6) is 0 Å². The molecule has 4 aliphatic carbocycles. The maximum Gasteiger partial charge on any atom is 0.256 e. The molecule has 4 fully saturated rings. The lowest BCUT2D eigenvalue weighted by Crippen LogP contribution is -2.56. The number of amides is 2. The number of allylic oxidation sites excluding steroid dienone is 3. The van der Waals surface area contributed by atoms with Gasteiger partial charge in [0.05, 0.1) is 0 Å². The second kappa shape index (κ2) is 9.15. The fourth-order valence-electron chi connectivity index (χ4n) is 7.20. The molecule has 0 radical (unpaired) electrons. The van der Waals surface area contributed by atoms with Crippen LogP contribution in [0.2, 0.25) is 0 Å². The summed E-state index contributed by atoms with van der Waals surface area (Å²) in [6.07, 6.45) is 14.1. The van der Waals surface area contributed by atoms with Crippen molar-refractivity contribution in [2.24, 2.45) is 16.3 Å². The molecule has 2 amide bonds. The number of benzene rings is 1. The molecule has 1 N–H and O–H groups in total. The quantitative estimate of drug-likeness (QED) is 0.522. The minimum atomic E-state index is -0.499. The zero-order valence-corrected chi connectivity index (χ0v) is 24.4. The molecule has 7 nitrogen and oxygen atoms in total. The van der Waals surface area contributed by atoms with Gasteiger partial charge < -0.3 is 9.91 Å². The van der Waals surface area contributed by atoms with E-state index >= 15 is 0 Å². The first-order chi connectivity index (χ1) is 19.8. The SMILES string of the molecule is CC1=C(C2=NC3(CC3)C(=O)N2CC2CN(C(=O)C3(C)CC3)C2)CCC(c2ccc(C3=CN(C4CCC4)NC3)cc2)=C1. The summed E-state index contributed by atoms with van der Waals surface area (Å²) in [5.41, 5.74) is 10.6. The van der Waals surface area contributed by atoms with Crippen molar-refractivity contribution in [1.82, 2.24) is 20.2 Å². The van der Waals surface area contributed by atoms with E-state index in [1.54, 1.807) is 0 Å². The topological polar surface area (TPSA) is 68.2 Å². The van der Waals surface area contributed by atoms with E-state index in [0.29, 0.717) is 24.4 Å². The van der Waals surface area contributed by atoms with Gasteiger partial charge in [-0.25, -0.2) is 5.43 Å². The molecule has 7 heteroatoms. The highest BCUT2D eigenvalue weighted by atomic mass is 16.2. The Kier molecular flexibility index (Phi) is 5.70. The van der Waals surface area contributed by atoms with E-state index in [1.165, 1.54) is 52.7 Å². The van der Waals surface area contributed by atoms with Gasteiger partial charge >= 0.3 is 0 Å². The van der Waals surface area contributed by atoms with E-state index in [1.807, 2.05) is 9.80 Å². The number of rotatable bonds is 7. The van der Waals surface area contributed by atoms with Gasteiger partial charge in [-0.1, -0.05) is 37.3 Å². The third-order valence-corrected chi connectivity index (χ3v) is 10.8. The highest BCUT2D eigenvalue weighted by molar-refractivity contribution is 6.17. The maximum absolute atomic E-state index is 13.5. The van der Waals surface area contributed by atoms with Gasteiger partial charge in [0.1, 0.15) is 11.4 Å². The lowest BCUT2D eigenvalue weighted by molar-refractivity contribution is -0.143. The van der Waals surface area contributed by atoms with Crippen LogP contribution >= 0.6 is 0 Å². The molecule has 214 valence electrons. The van der Waals surface area contributed by atoms with Gasteiger partial charge in [-0.2, -0.15) is 0 Å². The zero-order chi connectivity index (χ0) is 27.9. The van der Waals surface area contributed by atoms with E-state index in [-0.39, 0.29) is 11.3 Å². The Morgan fingerprint density at radius 1 is 1.02 bits per heavy atom. The molecule has 0 atom stereocenters. The maximum atomic E-state index is 13.5. The van der Waals surface area contributed by atoms with E-state index in [4.69, 9.17) is 4.99 Å². The van der Waals surface area contributed by atoms with Crippen LogP contribution in [0, 0.1) is 11.3 Å². The predicted octanol–water partition coefficient (Wildman–Crippen LogP) is 4.93. The number of likely N-dealkylation sites (tertiary alicyclic amines) is 1. The third-order valence-electron chi connectivity index (χ3n) is 10.8. The minimum Gasteiger partial charge on any atom is -0.341 e. The fourth-order valence-corrected chi connectivity index (χ4v) is 7.20. The molecule has 1 saturated heterocycles. The number of carbonyl (C=O) groups is 2. The predicted molar refractivity (Wildman–Crippen MR) is 160 cm³/mol. The number of hydrogen-bond acceptors (Lipinski definition) is 5. The Balaban J connectivity index is 0.971. The highest BCUT2D eigenvalue weighted by Crippen LogP contribution is 2.49. The molecular formula is C34H41N5O2. The summed E-state index contributed by atoms with van der Waals surface area (Å²) in [5.74, 6) is 1.73. The van der Waals surface area contributed by atoms with Gasteiger partial charge in [-0.3, -0.25) is 19.5 Å².